The minimum atomic E-state index is -3.41. The highest BCUT2D eigenvalue weighted by Gasteiger charge is 2.35. The Morgan fingerprint density at radius 2 is 1.74 bits per heavy atom. The number of benzene rings is 2. The summed E-state index contributed by atoms with van der Waals surface area (Å²) in [7, 11) is -3.41. The summed E-state index contributed by atoms with van der Waals surface area (Å²) in [5, 5.41) is 0. The first-order chi connectivity index (χ1) is 16.7. The van der Waals surface area contributed by atoms with Crippen molar-refractivity contribution in [3.8, 4) is 11.1 Å². The molecule has 1 fully saturated rings. The molecule has 8 nitrogen and oxygen atoms in total. The van der Waals surface area contributed by atoms with E-state index in [-0.39, 0.29) is 23.8 Å². The fourth-order valence-electron chi connectivity index (χ4n) is 4.86. The van der Waals surface area contributed by atoms with Crippen molar-refractivity contribution in [3.63, 3.8) is 0 Å². The van der Waals surface area contributed by atoms with E-state index < -0.39 is 16.1 Å². The Labute approximate surface area is 207 Å². The molecule has 0 aromatic heterocycles. The van der Waals surface area contributed by atoms with Gasteiger partial charge in [0.15, 0.2) is 0 Å². The van der Waals surface area contributed by atoms with Crippen LogP contribution in [0.5, 0.6) is 0 Å². The molecule has 2 amide bonds. The number of carbonyl (C=O) groups excluding carboxylic acids is 2. The van der Waals surface area contributed by atoms with Crippen molar-refractivity contribution in [1.82, 2.24) is 0 Å². The van der Waals surface area contributed by atoms with Crippen LogP contribution in [0.3, 0.4) is 0 Å². The Kier molecular flexibility index (Phi) is 7.35. The highest BCUT2D eigenvalue weighted by Crippen LogP contribution is 2.40. The number of nitrogens with one attached hydrogen (secondary N) is 1. The number of fused-ring (bicyclic) bond motifs is 1. The number of carbonyl (C=O) groups is 2. The Hall–Kier alpha value is -3.07. The van der Waals surface area contributed by atoms with Gasteiger partial charge in [-0.15, -0.1) is 0 Å². The SMILES string of the molecule is CCS(=O)(=O)Nc1cccc(-c2ccc3c(c2)N(C(=O)OC2CCCCC2)C[C@H](C)N3C(C)=O)c1. The van der Waals surface area contributed by atoms with Crippen LogP contribution in [0.1, 0.15) is 52.9 Å². The monoisotopic (exact) mass is 499 g/mol. The zero-order valence-electron chi connectivity index (χ0n) is 20.5. The van der Waals surface area contributed by atoms with Crippen molar-refractivity contribution < 1.29 is 22.7 Å². The van der Waals surface area contributed by atoms with E-state index in [1.807, 2.05) is 31.2 Å². The molecular weight excluding hydrogens is 466 g/mol. The molecule has 1 aliphatic carbocycles. The molecule has 1 heterocycles. The summed E-state index contributed by atoms with van der Waals surface area (Å²) >= 11 is 0. The maximum absolute atomic E-state index is 13.3. The van der Waals surface area contributed by atoms with Gasteiger partial charge in [0.25, 0.3) is 0 Å². The van der Waals surface area contributed by atoms with E-state index in [0.29, 0.717) is 23.6 Å². The molecule has 2 aromatic rings. The number of nitrogens with zero attached hydrogens (tertiary/aromatic N) is 2. The summed E-state index contributed by atoms with van der Waals surface area (Å²) in [6.45, 7) is 5.35. The van der Waals surface area contributed by atoms with Crippen LogP contribution in [-0.2, 0) is 19.6 Å². The topological polar surface area (TPSA) is 96.0 Å². The molecular formula is C26H33N3O5S. The van der Waals surface area contributed by atoms with Crippen molar-refractivity contribution in [2.45, 2.75) is 65.0 Å². The van der Waals surface area contributed by atoms with Gasteiger partial charge in [0.2, 0.25) is 15.9 Å². The van der Waals surface area contributed by atoms with Crippen molar-refractivity contribution in [1.29, 1.82) is 0 Å². The van der Waals surface area contributed by atoms with Gasteiger partial charge in [-0.1, -0.05) is 24.6 Å². The third-order valence-corrected chi connectivity index (χ3v) is 7.95. The van der Waals surface area contributed by atoms with Gasteiger partial charge in [0.1, 0.15) is 6.10 Å². The highest BCUT2D eigenvalue weighted by molar-refractivity contribution is 7.92. The van der Waals surface area contributed by atoms with Crippen LogP contribution in [-0.4, -0.2) is 44.9 Å². The van der Waals surface area contributed by atoms with Gasteiger partial charge in [-0.25, -0.2) is 13.2 Å². The first kappa shape index (κ1) is 25.0. The van der Waals surface area contributed by atoms with E-state index in [1.54, 1.807) is 34.9 Å². The number of amides is 2. The minimum Gasteiger partial charge on any atom is -0.446 e. The second kappa shape index (κ2) is 10.3. The molecule has 0 spiro atoms. The van der Waals surface area contributed by atoms with Gasteiger partial charge in [-0.2, -0.15) is 0 Å². The third kappa shape index (κ3) is 5.61. The maximum atomic E-state index is 13.3. The molecule has 35 heavy (non-hydrogen) atoms. The summed E-state index contributed by atoms with van der Waals surface area (Å²) in [4.78, 5) is 29.0. The van der Waals surface area contributed by atoms with E-state index in [0.717, 1.165) is 36.8 Å². The molecule has 9 heteroatoms. The molecule has 0 unspecified atom stereocenters. The van der Waals surface area contributed by atoms with E-state index in [4.69, 9.17) is 4.74 Å². The molecule has 0 saturated heterocycles. The van der Waals surface area contributed by atoms with Crippen LogP contribution in [0.4, 0.5) is 21.9 Å². The zero-order chi connectivity index (χ0) is 25.2. The molecule has 0 bridgehead atoms. The van der Waals surface area contributed by atoms with Crippen molar-refractivity contribution in [3.05, 3.63) is 42.5 Å². The van der Waals surface area contributed by atoms with E-state index in [2.05, 4.69) is 4.72 Å². The van der Waals surface area contributed by atoms with Crippen molar-refractivity contribution in [2.24, 2.45) is 0 Å². The molecule has 1 saturated carbocycles. The van der Waals surface area contributed by atoms with Gasteiger partial charge in [0, 0.05) is 19.2 Å². The van der Waals surface area contributed by atoms with Gasteiger partial charge >= 0.3 is 6.09 Å². The molecule has 188 valence electrons. The van der Waals surface area contributed by atoms with Crippen molar-refractivity contribution >= 4 is 39.1 Å². The minimum absolute atomic E-state index is 0.0206. The lowest BCUT2D eigenvalue weighted by Gasteiger charge is -2.41. The highest BCUT2D eigenvalue weighted by atomic mass is 32.2. The Morgan fingerprint density at radius 1 is 1.03 bits per heavy atom. The predicted molar refractivity (Wildman–Crippen MR) is 138 cm³/mol. The number of rotatable bonds is 5. The number of anilines is 3. The molecule has 2 aliphatic rings. The Balaban J connectivity index is 1.70. The molecule has 1 aliphatic heterocycles. The van der Waals surface area contributed by atoms with Crippen LogP contribution in [0.15, 0.2) is 42.5 Å². The van der Waals surface area contributed by atoms with Crippen molar-refractivity contribution in [2.75, 3.05) is 26.8 Å². The third-order valence-electron chi connectivity index (χ3n) is 6.64. The average molecular weight is 500 g/mol. The summed E-state index contributed by atoms with van der Waals surface area (Å²) in [5.74, 6) is -0.115. The lowest BCUT2D eigenvalue weighted by Crippen LogP contribution is -2.52. The van der Waals surface area contributed by atoms with E-state index >= 15 is 0 Å². The Morgan fingerprint density at radius 3 is 2.43 bits per heavy atom. The molecule has 1 N–H and O–H groups in total. The quantitative estimate of drug-likeness (QED) is 0.614. The summed E-state index contributed by atoms with van der Waals surface area (Å²) in [6.07, 6.45) is 4.57. The largest absolute Gasteiger partial charge is 0.446 e. The molecule has 0 radical (unpaired) electrons. The molecule has 1 atom stereocenters. The Bertz CT molecular complexity index is 1210. The lowest BCUT2D eigenvalue weighted by molar-refractivity contribution is -0.117. The second-order valence-corrected chi connectivity index (χ2v) is 11.3. The van der Waals surface area contributed by atoms with E-state index in [9.17, 15) is 18.0 Å². The van der Waals surface area contributed by atoms with Gasteiger partial charge < -0.3 is 9.64 Å². The average Bonchev–Trinajstić information content (AvgIpc) is 2.83. The van der Waals surface area contributed by atoms with Crippen LogP contribution >= 0.6 is 0 Å². The van der Waals surface area contributed by atoms with Crippen LogP contribution in [0, 0.1) is 0 Å². The van der Waals surface area contributed by atoms with Gasteiger partial charge in [-0.3, -0.25) is 14.4 Å². The molecule has 4 rings (SSSR count). The first-order valence-electron chi connectivity index (χ1n) is 12.2. The van der Waals surface area contributed by atoms with Crippen LogP contribution < -0.4 is 14.5 Å². The number of sulfonamides is 1. The molecule has 2 aromatic carbocycles. The number of hydrogen-bond acceptors (Lipinski definition) is 5. The smallest absolute Gasteiger partial charge is 0.414 e. The number of ether oxygens (including phenoxy) is 1. The summed E-state index contributed by atoms with van der Waals surface area (Å²) in [5.41, 5.74) is 3.32. The first-order valence-corrected chi connectivity index (χ1v) is 13.9. The van der Waals surface area contributed by atoms with Gasteiger partial charge in [-0.05, 0) is 74.9 Å². The summed E-state index contributed by atoms with van der Waals surface area (Å²) in [6, 6.07) is 12.5. The lowest BCUT2D eigenvalue weighted by atomic mass is 9.98. The fourth-order valence-corrected chi connectivity index (χ4v) is 5.49. The standard InChI is InChI=1S/C26H33N3O5S/c1-4-35(32,33)27-22-10-8-9-20(15-22)21-13-14-24-25(16-21)28(17-18(2)29(24)19(3)30)26(31)34-23-11-6-5-7-12-23/h8-10,13-16,18,23,27H,4-7,11-12,17H2,1-3H3/t18-/m0/s1. The zero-order valence-corrected chi connectivity index (χ0v) is 21.3. The predicted octanol–water partition coefficient (Wildman–Crippen LogP) is 5.15. The fraction of sp³-hybridized carbons (Fsp3) is 0.462. The summed E-state index contributed by atoms with van der Waals surface area (Å²) < 4.78 is 32.5. The van der Waals surface area contributed by atoms with Gasteiger partial charge in [0.05, 0.1) is 23.2 Å². The maximum Gasteiger partial charge on any atom is 0.414 e. The van der Waals surface area contributed by atoms with Crippen LogP contribution in [0.2, 0.25) is 0 Å². The normalized spacial score (nSPS) is 18.7. The second-order valence-electron chi connectivity index (χ2n) is 9.28. The van der Waals surface area contributed by atoms with E-state index in [1.165, 1.54) is 13.3 Å². The number of hydrogen-bond donors (Lipinski definition) is 1. The van der Waals surface area contributed by atoms with Crippen LogP contribution in [0.25, 0.3) is 11.1 Å².